The summed E-state index contributed by atoms with van der Waals surface area (Å²) >= 11 is 0. The predicted molar refractivity (Wildman–Crippen MR) is 41.7 cm³/mol. The van der Waals surface area contributed by atoms with Crippen molar-refractivity contribution < 1.29 is 4.74 Å². The first kappa shape index (κ1) is 7.76. The summed E-state index contributed by atoms with van der Waals surface area (Å²) in [5, 5.41) is 0. The fourth-order valence-electron chi connectivity index (χ4n) is 1.14. The van der Waals surface area contributed by atoms with Gasteiger partial charge in [-0.2, -0.15) is 0 Å². The number of hydrogen-bond acceptors (Lipinski definition) is 2. The molecular weight excluding hydrogens is 126 g/mol. The Morgan fingerprint density at radius 1 is 1.80 bits per heavy atom. The van der Waals surface area contributed by atoms with Crippen molar-refractivity contribution in [2.24, 2.45) is 11.7 Å². The average Bonchev–Trinajstić information content (AvgIpc) is 2.05. The van der Waals surface area contributed by atoms with Crippen LogP contribution in [-0.2, 0) is 4.74 Å². The van der Waals surface area contributed by atoms with Crippen molar-refractivity contribution in [1.29, 1.82) is 0 Å². The molecule has 0 radical (unpaired) electrons. The normalized spacial score (nSPS) is 22.0. The van der Waals surface area contributed by atoms with Gasteiger partial charge in [0.15, 0.2) is 0 Å². The van der Waals surface area contributed by atoms with Gasteiger partial charge in [0.05, 0.1) is 13.2 Å². The summed E-state index contributed by atoms with van der Waals surface area (Å²) < 4.78 is 5.18. The molecule has 0 aromatic carbocycles. The summed E-state index contributed by atoms with van der Waals surface area (Å²) in [6, 6.07) is 0. The largest absolute Gasteiger partial charge is 0.377 e. The molecule has 1 aliphatic heterocycles. The lowest BCUT2D eigenvalue weighted by atomic mass is 9.97. The molecule has 1 aliphatic rings. The Bertz CT molecular complexity index is 131. The SMILES string of the molecule is CC(CN)C1=CCOCC1. The first-order chi connectivity index (χ1) is 4.84. The molecular formula is C8H15NO. The van der Waals surface area contributed by atoms with E-state index < -0.39 is 0 Å². The molecule has 0 bridgehead atoms. The minimum Gasteiger partial charge on any atom is -0.377 e. The van der Waals surface area contributed by atoms with E-state index in [-0.39, 0.29) is 0 Å². The van der Waals surface area contributed by atoms with E-state index in [2.05, 4.69) is 13.0 Å². The second-order valence-electron chi connectivity index (χ2n) is 2.74. The third-order valence-corrected chi connectivity index (χ3v) is 1.98. The Labute approximate surface area is 62.1 Å². The molecule has 0 saturated carbocycles. The molecule has 1 atom stereocenters. The van der Waals surface area contributed by atoms with Gasteiger partial charge in [-0.05, 0) is 18.9 Å². The minimum absolute atomic E-state index is 0.545. The highest BCUT2D eigenvalue weighted by Gasteiger charge is 2.09. The van der Waals surface area contributed by atoms with Crippen LogP contribution in [0.2, 0.25) is 0 Å². The molecule has 58 valence electrons. The molecule has 2 N–H and O–H groups in total. The smallest absolute Gasteiger partial charge is 0.0650 e. The van der Waals surface area contributed by atoms with Crippen molar-refractivity contribution in [1.82, 2.24) is 0 Å². The summed E-state index contributed by atoms with van der Waals surface area (Å²) in [5.41, 5.74) is 6.99. The number of hydrogen-bond donors (Lipinski definition) is 1. The topological polar surface area (TPSA) is 35.2 Å². The van der Waals surface area contributed by atoms with E-state index >= 15 is 0 Å². The van der Waals surface area contributed by atoms with E-state index in [0.717, 1.165) is 26.2 Å². The zero-order chi connectivity index (χ0) is 7.40. The molecule has 0 aromatic rings. The maximum Gasteiger partial charge on any atom is 0.0650 e. The van der Waals surface area contributed by atoms with Gasteiger partial charge >= 0.3 is 0 Å². The van der Waals surface area contributed by atoms with Gasteiger partial charge in [-0.15, -0.1) is 0 Å². The fourth-order valence-corrected chi connectivity index (χ4v) is 1.14. The Balaban J connectivity index is 2.44. The maximum atomic E-state index is 5.52. The predicted octanol–water partition coefficient (Wildman–Crippen LogP) is 0.928. The molecule has 0 aliphatic carbocycles. The molecule has 0 spiro atoms. The first-order valence-electron chi connectivity index (χ1n) is 3.81. The van der Waals surface area contributed by atoms with Crippen molar-refractivity contribution >= 4 is 0 Å². The van der Waals surface area contributed by atoms with Gasteiger partial charge in [-0.25, -0.2) is 0 Å². The summed E-state index contributed by atoms with van der Waals surface area (Å²) in [6.45, 7) is 4.57. The van der Waals surface area contributed by atoms with E-state index in [9.17, 15) is 0 Å². The summed E-state index contributed by atoms with van der Waals surface area (Å²) in [7, 11) is 0. The molecule has 1 unspecified atom stereocenters. The van der Waals surface area contributed by atoms with Crippen LogP contribution in [0.3, 0.4) is 0 Å². The van der Waals surface area contributed by atoms with Crippen LogP contribution in [0.1, 0.15) is 13.3 Å². The van der Waals surface area contributed by atoms with Crippen molar-refractivity contribution in [2.45, 2.75) is 13.3 Å². The van der Waals surface area contributed by atoms with Crippen LogP contribution in [0.25, 0.3) is 0 Å². The third-order valence-electron chi connectivity index (χ3n) is 1.98. The quantitative estimate of drug-likeness (QED) is 0.580. The Hall–Kier alpha value is -0.340. The van der Waals surface area contributed by atoms with Gasteiger partial charge in [-0.3, -0.25) is 0 Å². The highest BCUT2D eigenvalue weighted by molar-refractivity contribution is 5.08. The van der Waals surface area contributed by atoms with Gasteiger partial charge in [0.25, 0.3) is 0 Å². The van der Waals surface area contributed by atoms with Crippen LogP contribution in [-0.4, -0.2) is 19.8 Å². The Morgan fingerprint density at radius 2 is 2.60 bits per heavy atom. The standard InChI is InChI=1S/C8H15NO/c1-7(6-9)8-2-4-10-5-3-8/h2,7H,3-6,9H2,1H3. The van der Waals surface area contributed by atoms with E-state index in [1.807, 2.05) is 0 Å². The van der Waals surface area contributed by atoms with Crippen LogP contribution in [0.15, 0.2) is 11.6 Å². The highest BCUT2D eigenvalue weighted by atomic mass is 16.5. The zero-order valence-corrected chi connectivity index (χ0v) is 6.47. The molecule has 1 rings (SSSR count). The average molecular weight is 141 g/mol. The van der Waals surface area contributed by atoms with Gasteiger partial charge in [0.2, 0.25) is 0 Å². The van der Waals surface area contributed by atoms with E-state index in [0.29, 0.717) is 5.92 Å². The number of rotatable bonds is 2. The van der Waals surface area contributed by atoms with E-state index in [1.54, 1.807) is 0 Å². The van der Waals surface area contributed by atoms with E-state index in [1.165, 1.54) is 5.57 Å². The molecule has 10 heavy (non-hydrogen) atoms. The second kappa shape index (κ2) is 3.74. The van der Waals surface area contributed by atoms with Gasteiger partial charge < -0.3 is 10.5 Å². The van der Waals surface area contributed by atoms with Crippen molar-refractivity contribution in [2.75, 3.05) is 19.8 Å². The summed E-state index contributed by atoms with van der Waals surface area (Å²) in [6.07, 6.45) is 3.22. The van der Waals surface area contributed by atoms with Crippen molar-refractivity contribution in [3.8, 4) is 0 Å². The maximum absolute atomic E-state index is 5.52. The highest BCUT2D eigenvalue weighted by Crippen LogP contribution is 2.16. The Kier molecular flexibility index (Phi) is 2.90. The summed E-state index contributed by atoms with van der Waals surface area (Å²) in [5.74, 6) is 0.545. The molecule has 0 saturated heterocycles. The van der Waals surface area contributed by atoms with Crippen LogP contribution in [0.5, 0.6) is 0 Å². The van der Waals surface area contributed by atoms with Gasteiger partial charge in [-0.1, -0.05) is 18.6 Å². The number of nitrogens with two attached hydrogens (primary N) is 1. The second-order valence-corrected chi connectivity index (χ2v) is 2.74. The fraction of sp³-hybridized carbons (Fsp3) is 0.750. The third kappa shape index (κ3) is 1.82. The number of ether oxygens (including phenoxy) is 1. The lowest BCUT2D eigenvalue weighted by molar-refractivity contribution is 0.151. The lowest BCUT2D eigenvalue weighted by Gasteiger charge is -2.17. The van der Waals surface area contributed by atoms with Gasteiger partial charge in [0.1, 0.15) is 0 Å². The van der Waals surface area contributed by atoms with Crippen molar-refractivity contribution in [3.63, 3.8) is 0 Å². The molecule has 2 heteroatoms. The molecule has 1 heterocycles. The van der Waals surface area contributed by atoms with Crippen LogP contribution >= 0.6 is 0 Å². The van der Waals surface area contributed by atoms with Gasteiger partial charge in [0, 0.05) is 0 Å². The molecule has 2 nitrogen and oxygen atoms in total. The minimum atomic E-state index is 0.545. The molecule has 0 fully saturated rings. The van der Waals surface area contributed by atoms with Crippen LogP contribution in [0.4, 0.5) is 0 Å². The monoisotopic (exact) mass is 141 g/mol. The first-order valence-corrected chi connectivity index (χ1v) is 3.81. The van der Waals surface area contributed by atoms with Crippen LogP contribution in [0, 0.1) is 5.92 Å². The van der Waals surface area contributed by atoms with E-state index in [4.69, 9.17) is 10.5 Å². The Morgan fingerprint density at radius 3 is 3.10 bits per heavy atom. The summed E-state index contributed by atoms with van der Waals surface area (Å²) in [4.78, 5) is 0. The lowest BCUT2D eigenvalue weighted by Crippen LogP contribution is -2.17. The zero-order valence-electron chi connectivity index (χ0n) is 6.47. The van der Waals surface area contributed by atoms with Crippen LogP contribution < -0.4 is 5.73 Å². The molecule has 0 amide bonds. The molecule has 0 aromatic heterocycles. The van der Waals surface area contributed by atoms with Crippen molar-refractivity contribution in [3.05, 3.63) is 11.6 Å².